The van der Waals surface area contributed by atoms with Gasteiger partial charge in [0.1, 0.15) is 0 Å². The van der Waals surface area contributed by atoms with E-state index in [2.05, 4.69) is 12.2 Å². The zero-order valence-electron chi connectivity index (χ0n) is 8.38. The average Bonchev–Trinajstić information content (AvgIpc) is 2.93. The molecule has 13 heavy (non-hydrogen) atoms. The van der Waals surface area contributed by atoms with Gasteiger partial charge in [0, 0.05) is 6.04 Å². The first-order valence-corrected chi connectivity index (χ1v) is 5.25. The number of Topliss-reactive ketones (excluding diaryl/α,β-unsaturated/α-hetero) is 1. The van der Waals surface area contributed by atoms with E-state index in [-0.39, 0.29) is 11.8 Å². The van der Waals surface area contributed by atoms with Gasteiger partial charge < -0.3 is 11.1 Å². The third-order valence-electron chi connectivity index (χ3n) is 2.42. The Bertz CT molecular complexity index is 166. The maximum Gasteiger partial charge on any atom is 0.163 e. The fraction of sp³-hybridized carbons (Fsp3) is 0.900. The SMILES string of the molecule is CCCC[C@H](N)C(=O)CNC1CC1. The molecule has 3 nitrogen and oxygen atoms in total. The van der Waals surface area contributed by atoms with Crippen molar-refractivity contribution in [2.45, 2.75) is 51.1 Å². The number of carbonyl (C=O) groups excluding carboxylic acids is 1. The molecule has 0 unspecified atom stereocenters. The molecule has 1 aliphatic carbocycles. The largest absolute Gasteiger partial charge is 0.321 e. The monoisotopic (exact) mass is 184 g/mol. The van der Waals surface area contributed by atoms with E-state index in [0.717, 1.165) is 19.3 Å². The Labute approximate surface area is 80.1 Å². The summed E-state index contributed by atoms with van der Waals surface area (Å²) in [7, 11) is 0. The van der Waals surface area contributed by atoms with Crippen molar-refractivity contribution >= 4 is 5.78 Å². The maximum absolute atomic E-state index is 11.4. The lowest BCUT2D eigenvalue weighted by molar-refractivity contribution is -0.119. The Morgan fingerprint density at radius 3 is 2.85 bits per heavy atom. The van der Waals surface area contributed by atoms with E-state index in [0.29, 0.717) is 12.6 Å². The number of carbonyl (C=O) groups is 1. The number of rotatable bonds is 7. The Kier molecular flexibility index (Phi) is 4.39. The summed E-state index contributed by atoms with van der Waals surface area (Å²) in [5.41, 5.74) is 5.72. The molecule has 0 spiro atoms. The van der Waals surface area contributed by atoms with Gasteiger partial charge in [0.25, 0.3) is 0 Å². The molecule has 0 bridgehead atoms. The first-order chi connectivity index (χ1) is 6.24. The van der Waals surface area contributed by atoms with Gasteiger partial charge in [-0.25, -0.2) is 0 Å². The maximum atomic E-state index is 11.4. The predicted molar refractivity (Wildman–Crippen MR) is 53.5 cm³/mol. The summed E-state index contributed by atoms with van der Waals surface area (Å²) < 4.78 is 0. The van der Waals surface area contributed by atoms with Gasteiger partial charge in [-0.15, -0.1) is 0 Å². The number of nitrogens with two attached hydrogens (primary N) is 1. The number of nitrogens with one attached hydrogen (secondary N) is 1. The van der Waals surface area contributed by atoms with Gasteiger partial charge in [0.05, 0.1) is 12.6 Å². The summed E-state index contributed by atoms with van der Waals surface area (Å²) in [4.78, 5) is 11.4. The lowest BCUT2D eigenvalue weighted by Gasteiger charge is -2.09. The van der Waals surface area contributed by atoms with Crippen LogP contribution < -0.4 is 11.1 Å². The van der Waals surface area contributed by atoms with Crippen molar-refractivity contribution in [3.8, 4) is 0 Å². The van der Waals surface area contributed by atoms with Crippen LogP contribution in [0.3, 0.4) is 0 Å². The van der Waals surface area contributed by atoms with E-state index in [1.807, 2.05) is 0 Å². The summed E-state index contributed by atoms with van der Waals surface area (Å²) in [5, 5.41) is 3.18. The molecule has 3 N–H and O–H groups in total. The molecule has 1 fully saturated rings. The van der Waals surface area contributed by atoms with Crippen LogP contribution in [0, 0.1) is 0 Å². The van der Waals surface area contributed by atoms with Crippen molar-refractivity contribution in [3.63, 3.8) is 0 Å². The number of hydrogen-bond acceptors (Lipinski definition) is 3. The molecule has 0 radical (unpaired) electrons. The summed E-state index contributed by atoms with van der Waals surface area (Å²) in [6.07, 6.45) is 5.43. The van der Waals surface area contributed by atoms with Crippen LogP contribution in [-0.2, 0) is 4.79 Å². The van der Waals surface area contributed by atoms with Gasteiger partial charge in [-0.3, -0.25) is 4.79 Å². The smallest absolute Gasteiger partial charge is 0.163 e. The zero-order chi connectivity index (χ0) is 9.68. The highest BCUT2D eigenvalue weighted by molar-refractivity contribution is 5.85. The van der Waals surface area contributed by atoms with E-state index >= 15 is 0 Å². The Balaban J connectivity index is 2.05. The molecule has 0 aromatic carbocycles. The first kappa shape index (κ1) is 10.7. The van der Waals surface area contributed by atoms with Crippen molar-refractivity contribution in [3.05, 3.63) is 0 Å². The standard InChI is InChI=1S/C10H20N2O/c1-2-3-4-9(11)10(13)7-12-8-5-6-8/h8-9,12H,2-7,11H2,1H3/t9-/m0/s1. The number of unbranched alkanes of at least 4 members (excludes halogenated alkanes) is 1. The molecule has 76 valence electrons. The van der Waals surface area contributed by atoms with Crippen molar-refractivity contribution in [1.82, 2.24) is 5.32 Å². The van der Waals surface area contributed by atoms with Gasteiger partial charge in [0.15, 0.2) is 5.78 Å². The minimum Gasteiger partial charge on any atom is -0.321 e. The van der Waals surface area contributed by atoms with E-state index in [1.165, 1.54) is 12.8 Å². The molecule has 0 aromatic rings. The lowest BCUT2D eigenvalue weighted by Crippen LogP contribution is -2.38. The fourth-order valence-corrected chi connectivity index (χ4v) is 1.25. The first-order valence-electron chi connectivity index (χ1n) is 5.25. The molecule has 0 aromatic heterocycles. The van der Waals surface area contributed by atoms with E-state index in [9.17, 15) is 4.79 Å². The Hall–Kier alpha value is -0.410. The second kappa shape index (κ2) is 5.35. The van der Waals surface area contributed by atoms with Crippen LogP contribution in [0.15, 0.2) is 0 Å². The molecule has 0 amide bonds. The molecule has 0 saturated heterocycles. The quantitative estimate of drug-likeness (QED) is 0.616. The highest BCUT2D eigenvalue weighted by Crippen LogP contribution is 2.18. The molecule has 1 saturated carbocycles. The molecular formula is C10H20N2O. The minimum absolute atomic E-state index is 0.167. The van der Waals surface area contributed by atoms with Crippen LogP contribution in [0.5, 0.6) is 0 Å². The lowest BCUT2D eigenvalue weighted by atomic mass is 10.1. The zero-order valence-corrected chi connectivity index (χ0v) is 8.38. The number of hydrogen-bond donors (Lipinski definition) is 2. The van der Waals surface area contributed by atoms with Gasteiger partial charge in [-0.2, -0.15) is 0 Å². The third kappa shape index (κ3) is 4.39. The van der Waals surface area contributed by atoms with Crippen LogP contribution in [-0.4, -0.2) is 24.4 Å². The van der Waals surface area contributed by atoms with Gasteiger partial charge in [-0.1, -0.05) is 19.8 Å². The van der Waals surface area contributed by atoms with Gasteiger partial charge >= 0.3 is 0 Å². The molecule has 1 atom stereocenters. The van der Waals surface area contributed by atoms with Crippen LogP contribution in [0.1, 0.15) is 39.0 Å². The van der Waals surface area contributed by atoms with Crippen LogP contribution >= 0.6 is 0 Å². The predicted octanol–water partition coefficient (Wildman–Crippen LogP) is 0.825. The van der Waals surface area contributed by atoms with Crippen molar-refractivity contribution in [2.75, 3.05) is 6.54 Å². The molecule has 1 rings (SSSR count). The summed E-state index contributed by atoms with van der Waals surface area (Å²) in [5.74, 6) is 0.167. The van der Waals surface area contributed by atoms with Crippen LogP contribution in [0.25, 0.3) is 0 Å². The second-order valence-corrected chi connectivity index (χ2v) is 3.87. The van der Waals surface area contributed by atoms with E-state index < -0.39 is 0 Å². The summed E-state index contributed by atoms with van der Waals surface area (Å²) >= 11 is 0. The molecule has 0 heterocycles. The van der Waals surface area contributed by atoms with Gasteiger partial charge in [-0.05, 0) is 19.3 Å². The summed E-state index contributed by atoms with van der Waals surface area (Å²) in [6, 6.07) is 0.355. The second-order valence-electron chi connectivity index (χ2n) is 3.87. The van der Waals surface area contributed by atoms with Crippen LogP contribution in [0.2, 0.25) is 0 Å². The average molecular weight is 184 g/mol. The third-order valence-corrected chi connectivity index (χ3v) is 2.42. The topological polar surface area (TPSA) is 55.1 Å². The number of ketones is 1. The van der Waals surface area contributed by atoms with Crippen molar-refractivity contribution < 1.29 is 4.79 Å². The minimum atomic E-state index is -0.244. The van der Waals surface area contributed by atoms with E-state index in [1.54, 1.807) is 0 Å². The normalized spacial score (nSPS) is 18.6. The van der Waals surface area contributed by atoms with Crippen molar-refractivity contribution in [1.29, 1.82) is 0 Å². The molecule has 0 aliphatic heterocycles. The highest BCUT2D eigenvalue weighted by Gasteiger charge is 2.22. The Morgan fingerprint density at radius 2 is 2.31 bits per heavy atom. The molecule has 1 aliphatic rings. The summed E-state index contributed by atoms with van der Waals surface area (Å²) in [6.45, 7) is 2.58. The fourth-order valence-electron chi connectivity index (χ4n) is 1.25. The van der Waals surface area contributed by atoms with Crippen molar-refractivity contribution in [2.24, 2.45) is 5.73 Å². The van der Waals surface area contributed by atoms with Crippen LogP contribution in [0.4, 0.5) is 0 Å². The van der Waals surface area contributed by atoms with Gasteiger partial charge in [0.2, 0.25) is 0 Å². The van der Waals surface area contributed by atoms with E-state index in [4.69, 9.17) is 5.73 Å². The molecular weight excluding hydrogens is 164 g/mol. The molecule has 3 heteroatoms. The Morgan fingerprint density at radius 1 is 1.62 bits per heavy atom. The highest BCUT2D eigenvalue weighted by atomic mass is 16.1.